The van der Waals surface area contributed by atoms with Crippen LogP contribution in [0.1, 0.15) is 16.8 Å². The lowest BCUT2D eigenvalue weighted by molar-refractivity contribution is -0.119. The van der Waals surface area contributed by atoms with E-state index in [-0.39, 0.29) is 12.2 Å². The second kappa shape index (κ2) is 8.61. The van der Waals surface area contributed by atoms with Crippen molar-refractivity contribution in [2.75, 3.05) is 5.75 Å². The van der Waals surface area contributed by atoms with Gasteiger partial charge in [0.15, 0.2) is 0 Å². The van der Waals surface area contributed by atoms with Crippen LogP contribution in [0.4, 0.5) is 13.2 Å². The van der Waals surface area contributed by atoms with E-state index >= 15 is 0 Å². The molecule has 0 aromatic heterocycles. The number of primary amides is 1. The van der Waals surface area contributed by atoms with Crippen molar-refractivity contribution in [2.24, 2.45) is 5.73 Å². The number of nitrogens with two attached hydrogens (primary N) is 1. The van der Waals surface area contributed by atoms with Gasteiger partial charge in [-0.25, -0.2) is 13.2 Å². The predicted molar refractivity (Wildman–Crippen MR) is 89.1 cm³/mol. The van der Waals surface area contributed by atoms with E-state index in [4.69, 9.17) is 5.73 Å². The standard InChI is InChI=1S/C17H15F3N2O3S/c18-10-8-12(19)15(13(20)9-10)17(24)22-14(16(21)23)6-7-26(25)11-4-2-1-3-5-11/h1-5,8-9,14H,6-7H2,(H2,21,23)(H,22,24)/t14-,26+/m1/s1. The molecule has 2 aromatic rings. The van der Waals surface area contributed by atoms with Gasteiger partial charge >= 0.3 is 0 Å². The number of benzene rings is 2. The smallest absolute Gasteiger partial charge is 0.257 e. The van der Waals surface area contributed by atoms with Crippen molar-refractivity contribution in [1.29, 1.82) is 0 Å². The summed E-state index contributed by atoms with van der Waals surface area (Å²) in [7, 11) is -1.45. The Bertz CT molecular complexity index is 823. The quantitative estimate of drug-likeness (QED) is 0.764. The predicted octanol–water partition coefficient (Wildman–Crippen LogP) is 1.89. The maximum Gasteiger partial charge on any atom is 0.257 e. The molecule has 2 aromatic carbocycles. The van der Waals surface area contributed by atoms with Crippen LogP contribution in [-0.4, -0.2) is 27.8 Å². The summed E-state index contributed by atoms with van der Waals surface area (Å²) < 4.78 is 52.4. The van der Waals surface area contributed by atoms with Crippen LogP contribution in [0.3, 0.4) is 0 Å². The zero-order chi connectivity index (χ0) is 19.3. The monoisotopic (exact) mass is 384 g/mol. The summed E-state index contributed by atoms with van der Waals surface area (Å²) in [6, 6.07) is 7.82. The number of halogens is 3. The first kappa shape index (κ1) is 19.6. The largest absolute Gasteiger partial charge is 0.368 e. The van der Waals surface area contributed by atoms with E-state index in [1.165, 1.54) is 0 Å². The van der Waals surface area contributed by atoms with Gasteiger partial charge < -0.3 is 11.1 Å². The minimum absolute atomic E-state index is 0.00766. The number of hydrogen-bond acceptors (Lipinski definition) is 3. The number of hydrogen-bond donors (Lipinski definition) is 2. The molecule has 0 unspecified atom stereocenters. The molecule has 2 atom stereocenters. The third kappa shape index (κ3) is 4.92. The van der Waals surface area contributed by atoms with Gasteiger partial charge in [0.1, 0.15) is 29.1 Å². The summed E-state index contributed by atoms with van der Waals surface area (Å²) in [5, 5.41) is 2.09. The first-order valence-corrected chi connectivity index (χ1v) is 8.79. The highest BCUT2D eigenvalue weighted by Crippen LogP contribution is 2.15. The fourth-order valence-corrected chi connectivity index (χ4v) is 3.34. The van der Waals surface area contributed by atoms with Crippen molar-refractivity contribution in [3.8, 4) is 0 Å². The van der Waals surface area contributed by atoms with E-state index in [1.54, 1.807) is 30.3 Å². The molecule has 0 spiro atoms. The Morgan fingerprint density at radius 2 is 1.65 bits per heavy atom. The Hall–Kier alpha value is -2.68. The van der Waals surface area contributed by atoms with E-state index in [0.29, 0.717) is 17.0 Å². The SMILES string of the molecule is NC(=O)[C@@H](CC[S@](=O)c1ccccc1)NC(=O)c1c(F)cc(F)cc1F. The molecule has 0 aliphatic carbocycles. The number of rotatable bonds is 7. The van der Waals surface area contributed by atoms with Gasteiger partial charge in [-0.05, 0) is 18.6 Å². The number of carbonyl (C=O) groups excluding carboxylic acids is 2. The molecule has 0 fully saturated rings. The summed E-state index contributed by atoms with van der Waals surface area (Å²) in [5.74, 6) is -6.21. The summed E-state index contributed by atoms with van der Waals surface area (Å²) in [6.45, 7) is 0. The highest BCUT2D eigenvalue weighted by Gasteiger charge is 2.24. The normalized spacial score (nSPS) is 13.0. The Morgan fingerprint density at radius 1 is 1.08 bits per heavy atom. The van der Waals surface area contributed by atoms with Crippen LogP contribution < -0.4 is 11.1 Å². The van der Waals surface area contributed by atoms with Gasteiger partial charge in [0.05, 0.1) is 10.8 Å². The minimum Gasteiger partial charge on any atom is -0.368 e. The van der Waals surface area contributed by atoms with E-state index in [9.17, 15) is 27.0 Å². The van der Waals surface area contributed by atoms with Crippen LogP contribution in [0, 0.1) is 17.5 Å². The van der Waals surface area contributed by atoms with Gasteiger partial charge in [0.2, 0.25) is 5.91 Å². The van der Waals surface area contributed by atoms with Crippen LogP contribution in [0.25, 0.3) is 0 Å². The molecule has 0 bridgehead atoms. The van der Waals surface area contributed by atoms with E-state index in [0.717, 1.165) is 0 Å². The fraction of sp³-hybridized carbons (Fsp3) is 0.176. The zero-order valence-electron chi connectivity index (χ0n) is 13.4. The summed E-state index contributed by atoms with van der Waals surface area (Å²) in [6.07, 6.45) is -0.104. The zero-order valence-corrected chi connectivity index (χ0v) is 14.2. The number of carbonyl (C=O) groups is 2. The van der Waals surface area contributed by atoms with Crippen molar-refractivity contribution in [1.82, 2.24) is 5.32 Å². The van der Waals surface area contributed by atoms with Gasteiger partial charge in [-0.2, -0.15) is 0 Å². The van der Waals surface area contributed by atoms with Crippen molar-refractivity contribution < 1.29 is 27.0 Å². The number of amides is 2. The third-order valence-electron chi connectivity index (χ3n) is 3.48. The molecule has 2 rings (SSSR count). The fourth-order valence-electron chi connectivity index (χ4n) is 2.19. The van der Waals surface area contributed by atoms with Crippen LogP contribution in [0.2, 0.25) is 0 Å². The van der Waals surface area contributed by atoms with Crippen molar-refractivity contribution >= 4 is 22.6 Å². The third-order valence-corrected chi connectivity index (χ3v) is 4.89. The molecule has 0 aliphatic heterocycles. The molecule has 138 valence electrons. The maximum atomic E-state index is 13.6. The summed E-state index contributed by atoms with van der Waals surface area (Å²) >= 11 is 0. The summed E-state index contributed by atoms with van der Waals surface area (Å²) in [5.41, 5.74) is 4.16. The molecule has 26 heavy (non-hydrogen) atoms. The Morgan fingerprint density at radius 3 is 2.19 bits per heavy atom. The minimum atomic E-state index is -1.45. The average Bonchev–Trinajstić information content (AvgIpc) is 2.57. The van der Waals surface area contributed by atoms with Crippen LogP contribution >= 0.6 is 0 Å². The van der Waals surface area contributed by atoms with Crippen LogP contribution in [-0.2, 0) is 15.6 Å². The lowest BCUT2D eigenvalue weighted by Crippen LogP contribution is -2.45. The van der Waals surface area contributed by atoms with E-state index < -0.39 is 51.7 Å². The molecule has 9 heteroatoms. The van der Waals surface area contributed by atoms with Gasteiger partial charge in [-0.3, -0.25) is 13.8 Å². The molecule has 0 saturated heterocycles. The second-order valence-corrected chi connectivity index (χ2v) is 6.89. The second-order valence-electron chi connectivity index (χ2n) is 5.32. The number of nitrogens with one attached hydrogen (secondary N) is 1. The molecular weight excluding hydrogens is 369 g/mol. The van der Waals surface area contributed by atoms with Crippen LogP contribution in [0.15, 0.2) is 47.4 Å². The average molecular weight is 384 g/mol. The molecule has 2 amide bonds. The van der Waals surface area contributed by atoms with E-state index in [2.05, 4.69) is 5.32 Å². The molecule has 0 aliphatic rings. The van der Waals surface area contributed by atoms with Crippen LogP contribution in [0.5, 0.6) is 0 Å². The summed E-state index contributed by atoms with van der Waals surface area (Å²) in [4.78, 5) is 24.1. The Kier molecular flexibility index (Phi) is 6.51. The van der Waals surface area contributed by atoms with E-state index in [1.807, 2.05) is 0 Å². The van der Waals surface area contributed by atoms with Crippen molar-refractivity contribution in [2.45, 2.75) is 17.4 Å². The van der Waals surface area contributed by atoms with Gasteiger partial charge in [0.25, 0.3) is 5.91 Å². The van der Waals surface area contributed by atoms with Gasteiger partial charge in [-0.15, -0.1) is 0 Å². The molecular formula is C17H15F3N2O3S. The highest BCUT2D eigenvalue weighted by atomic mass is 32.2. The molecule has 0 heterocycles. The first-order chi connectivity index (χ1) is 12.3. The molecule has 3 N–H and O–H groups in total. The molecule has 5 nitrogen and oxygen atoms in total. The Balaban J connectivity index is 2.08. The molecule has 0 radical (unpaired) electrons. The molecule has 0 saturated carbocycles. The Labute approximate surface area is 149 Å². The van der Waals surface area contributed by atoms with Crippen molar-refractivity contribution in [3.05, 3.63) is 65.5 Å². The highest BCUT2D eigenvalue weighted by molar-refractivity contribution is 7.85. The van der Waals surface area contributed by atoms with Gasteiger partial charge in [-0.1, -0.05) is 18.2 Å². The van der Waals surface area contributed by atoms with Gasteiger partial charge in [0, 0.05) is 22.8 Å². The lowest BCUT2D eigenvalue weighted by atomic mass is 10.1. The lowest BCUT2D eigenvalue weighted by Gasteiger charge is -2.16. The topological polar surface area (TPSA) is 89.3 Å². The van der Waals surface area contributed by atoms with Crippen molar-refractivity contribution in [3.63, 3.8) is 0 Å². The first-order valence-electron chi connectivity index (χ1n) is 7.47. The maximum absolute atomic E-state index is 13.6.